The summed E-state index contributed by atoms with van der Waals surface area (Å²) in [5.74, 6) is 1.15. The van der Waals surface area contributed by atoms with E-state index in [4.69, 9.17) is 9.47 Å². The lowest BCUT2D eigenvalue weighted by Crippen LogP contribution is -2.41. The first-order valence-corrected chi connectivity index (χ1v) is 12.8. The smallest absolute Gasteiger partial charge is 0.258 e. The average molecular weight is 483 g/mol. The van der Waals surface area contributed by atoms with Gasteiger partial charge in [-0.15, -0.1) is 0 Å². The third-order valence-corrected chi connectivity index (χ3v) is 6.93. The molecule has 1 saturated heterocycles. The maximum Gasteiger partial charge on any atom is 0.258 e. The van der Waals surface area contributed by atoms with Crippen LogP contribution in [-0.2, 0) is 9.84 Å². The highest BCUT2D eigenvalue weighted by Crippen LogP contribution is 2.21. The molecule has 2 heterocycles. The second-order valence-corrected chi connectivity index (χ2v) is 10.2. The fourth-order valence-electron chi connectivity index (χ4n) is 3.89. The third-order valence-electron chi connectivity index (χ3n) is 5.80. The molecule has 0 spiro atoms. The zero-order chi connectivity index (χ0) is 24.3. The highest BCUT2D eigenvalue weighted by atomic mass is 32.2. The molecule has 1 aliphatic rings. The Labute approximate surface area is 198 Å². The molecule has 0 N–H and O–H groups in total. The van der Waals surface area contributed by atoms with Crippen LogP contribution in [0.15, 0.2) is 76.6 Å². The Kier molecular flexibility index (Phi) is 6.74. The number of amides is 1. The van der Waals surface area contributed by atoms with Crippen molar-refractivity contribution < 1.29 is 22.7 Å². The molecule has 1 fully saturated rings. The first kappa shape index (κ1) is 23.6. The van der Waals surface area contributed by atoms with E-state index in [1.54, 1.807) is 60.7 Å². The normalized spacial score (nSPS) is 14.6. The van der Waals surface area contributed by atoms with Crippen molar-refractivity contribution in [2.24, 2.45) is 0 Å². The van der Waals surface area contributed by atoms with Crippen molar-refractivity contribution in [1.29, 1.82) is 0 Å². The number of nitrogens with zero attached hydrogens (tertiary/aromatic N) is 2. The molecule has 2 aromatic carbocycles. The zero-order valence-corrected chi connectivity index (χ0v) is 19.8. The number of carbonyl (C=O) groups excluding carboxylic acids is 1. The topological polar surface area (TPSA) is 94.9 Å². The minimum absolute atomic E-state index is 0.0226. The molecule has 1 amide bonds. The summed E-state index contributed by atoms with van der Waals surface area (Å²) >= 11 is 0. The number of methoxy groups -OCH3 is 1. The number of sulfone groups is 1. The Morgan fingerprint density at radius 3 is 2.15 bits per heavy atom. The summed E-state index contributed by atoms with van der Waals surface area (Å²) in [4.78, 5) is 27.3. The van der Waals surface area contributed by atoms with E-state index >= 15 is 0 Å². The average Bonchev–Trinajstić information content (AvgIpc) is 2.84. The second kappa shape index (κ2) is 9.72. The second-order valence-electron chi connectivity index (χ2n) is 8.17. The van der Waals surface area contributed by atoms with Crippen molar-refractivity contribution in [2.45, 2.75) is 23.8 Å². The first-order valence-electron chi connectivity index (χ1n) is 10.9. The molecule has 0 atom stereocenters. The van der Waals surface area contributed by atoms with Gasteiger partial charge in [-0.1, -0.05) is 0 Å². The summed E-state index contributed by atoms with van der Waals surface area (Å²) in [7, 11) is -1.72. The number of piperidine rings is 1. The van der Waals surface area contributed by atoms with E-state index in [9.17, 15) is 18.0 Å². The van der Waals surface area contributed by atoms with Crippen molar-refractivity contribution in [3.8, 4) is 17.2 Å². The molecule has 3 aromatic rings. The summed E-state index contributed by atoms with van der Waals surface area (Å²) in [6, 6.07) is 16.3. The molecule has 1 aromatic heterocycles. The Hall–Kier alpha value is -3.59. The predicted octanol–water partition coefficient (Wildman–Crippen LogP) is 2.93. The maximum absolute atomic E-state index is 12.7. The molecule has 0 bridgehead atoms. The summed E-state index contributed by atoms with van der Waals surface area (Å²) in [5.41, 5.74) is 0.902. The fraction of sp³-hybridized carbons (Fsp3) is 0.280. The van der Waals surface area contributed by atoms with Gasteiger partial charge in [0.05, 0.1) is 12.0 Å². The number of hydrogen-bond acceptors (Lipinski definition) is 6. The van der Waals surface area contributed by atoms with Gasteiger partial charge in [0.2, 0.25) is 0 Å². The quantitative estimate of drug-likeness (QED) is 0.536. The van der Waals surface area contributed by atoms with Gasteiger partial charge in [0.15, 0.2) is 9.84 Å². The molecule has 178 valence electrons. The van der Waals surface area contributed by atoms with Crippen molar-refractivity contribution in [2.75, 3.05) is 26.5 Å². The number of rotatable bonds is 6. The lowest BCUT2D eigenvalue weighted by molar-refractivity contribution is 0.0595. The molecule has 0 unspecified atom stereocenters. The van der Waals surface area contributed by atoms with Gasteiger partial charge in [-0.25, -0.2) is 8.42 Å². The molecule has 0 aliphatic carbocycles. The van der Waals surface area contributed by atoms with Crippen LogP contribution in [0.25, 0.3) is 5.69 Å². The molecule has 4 rings (SSSR count). The maximum atomic E-state index is 12.7. The SMILES string of the molecule is COc1ccc(C(=O)N2CCC(Oc3ccn(-c4ccc(S(C)(=O)=O)cc4)c(=O)c3)CC2)cc1. The summed E-state index contributed by atoms with van der Waals surface area (Å²) in [6.07, 6.45) is 3.98. The highest BCUT2D eigenvalue weighted by molar-refractivity contribution is 7.90. The van der Waals surface area contributed by atoms with Gasteiger partial charge in [-0.3, -0.25) is 14.2 Å². The first-order chi connectivity index (χ1) is 16.2. The van der Waals surface area contributed by atoms with Crippen molar-refractivity contribution in [3.05, 3.63) is 82.8 Å². The van der Waals surface area contributed by atoms with Crippen LogP contribution in [0.4, 0.5) is 0 Å². The van der Waals surface area contributed by atoms with Crippen molar-refractivity contribution in [1.82, 2.24) is 9.47 Å². The van der Waals surface area contributed by atoms with Crippen LogP contribution in [0.5, 0.6) is 11.5 Å². The molecule has 0 saturated carbocycles. The van der Waals surface area contributed by atoms with Crippen LogP contribution in [0.2, 0.25) is 0 Å². The molecule has 8 nitrogen and oxygen atoms in total. The van der Waals surface area contributed by atoms with Crippen LogP contribution >= 0.6 is 0 Å². The fourth-order valence-corrected chi connectivity index (χ4v) is 4.52. The molecule has 34 heavy (non-hydrogen) atoms. The van der Waals surface area contributed by atoms with Crippen LogP contribution in [0, 0.1) is 0 Å². The number of benzene rings is 2. The molecule has 9 heteroatoms. The highest BCUT2D eigenvalue weighted by Gasteiger charge is 2.25. The van der Waals surface area contributed by atoms with E-state index in [0.717, 1.165) is 6.26 Å². The standard InChI is InChI=1S/C25H26N2O6S/c1-32-20-7-3-18(4-8-20)25(29)26-14-11-21(12-15-26)33-22-13-16-27(24(28)17-22)19-5-9-23(10-6-19)34(2,30)31/h3-10,13,16-17,21H,11-12,14-15H2,1-2H3. The van der Waals surface area contributed by atoms with Gasteiger partial charge in [0, 0.05) is 55.7 Å². The van der Waals surface area contributed by atoms with Crippen LogP contribution in [-0.4, -0.2) is 56.4 Å². The summed E-state index contributed by atoms with van der Waals surface area (Å²) in [6.45, 7) is 1.14. The number of ether oxygens (including phenoxy) is 2. The minimum Gasteiger partial charge on any atom is -0.497 e. The minimum atomic E-state index is -3.30. The predicted molar refractivity (Wildman–Crippen MR) is 128 cm³/mol. The Morgan fingerprint density at radius 2 is 1.59 bits per heavy atom. The Bertz CT molecular complexity index is 1320. The van der Waals surface area contributed by atoms with Crippen molar-refractivity contribution >= 4 is 15.7 Å². The van der Waals surface area contributed by atoms with Crippen molar-refractivity contribution in [3.63, 3.8) is 0 Å². The monoisotopic (exact) mass is 482 g/mol. The Balaban J connectivity index is 1.36. The van der Waals surface area contributed by atoms with Gasteiger partial charge in [0.25, 0.3) is 11.5 Å². The molecular weight excluding hydrogens is 456 g/mol. The van der Waals surface area contributed by atoms with Crippen LogP contribution in [0.1, 0.15) is 23.2 Å². The molecule has 0 radical (unpaired) electrons. The van der Waals surface area contributed by atoms with E-state index in [1.165, 1.54) is 22.8 Å². The number of aromatic nitrogens is 1. The van der Waals surface area contributed by atoms with E-state index in [2.05, 4.69) is 0 Å². The number of hydrogen-bond donors (Lipinski definition) is 0. The van der Waals surface area contributed by atoms with Crippen LogP contribution in [0.3, 0.4) is 0 Å². The van der Waals surface area contributed by atoms with Gasteiger partial charge >= 0.3 is 0 Å². The molecule has 1 aliphatic heterocycles. The zero-order valence-electron chi connectivity index (χ0n) is 19.0. The largest absolute Gasteiger partial charge is 0.497 e. The van der Waals surface area contributed by atoms with Gasteiger partial charge in [-0.05, 0) is 54.6 Å². The van der Waals surface area contributed by atoms with Gasteiger partial charge in [-0.2, -0.15) is 0 Å². The van der Waals surface area contributed by atoms with E-state index in [0.29, 0.717) is 48.7 Å². The van der Waals surface area contributed by atoms with Crippen LogP contribution < -0.4 is 15.0 Å². The number of pyridine rings is 1. The van der Waals surface area contributed by atoms with E-state index in [-0.39, 0.29) is 22.5 Å². The van der Waals surface area contributed by atoms with E-state index in [1.807, 2.05) is 0 Å². The number of likely N-dealkylation sites (tertiary alicyclic amines) is 1. The summed E-state index contributed by atoms with van der Waals surface area (Å²) < 4.78 is 35.8. The van der Waals surface area contributed by atoms with Gasteiger partial charge < -0.3 is 14.4 Å². The lowest BCUT2D eigenvalue weighted by atomic mass is 10.1. The summed E-state index contributed by atoms with van der Waals surface area (Å²) in [5, 5.41) is 0. The lowest BCUT2D eigenvalue weighted by Gasteiger charge is -2.32. The third kappa shape index (κ3) is 5.31. The van der Waals surface area contributed by atoms with E-state index < -0.39 is 9.84 Å². The number of carbonyl (C=O) groups is 1. The van der Waals surface area contributed by atoms with Gasteiger partial charge in [0.1, 0.15) is 17.6 Å². The molecular formula is C25H26N2O6S. The Morgan fingerprint density at radius 1 is 0.941 bits per heavy atom.